The number of carbonyl (C=O) groups excluding carboxylic acids is 1. The van der Waals surface area contributed by atoms with Gasteiger partial charge in [0.25, 0.3) is 5.91 Å². The van der Waals surface area contributed by atoms with Gasteiger partial charge < -0.3 is 9.80 Å². The molecule has 0 atom stereocenters. The molecule has 5 nitrogen and oxygen atoms in total. The Morgan fingerprint density at radius 3 is 2.34 bits per heavy atom. The average Bonchev–Trinajstić information content (AvgIpc) is 3.12. The highest BCUT2D eigenvalue weighted by Crippen LogP contribution is 2.24. The second-order valence-corrected chi connectivity index (χ2v) is 7.99. The summed E-state index contributed by atoms with van der Waals surface area (Å²) in [5, 5.41) is 5.19. The Hall–Kier alpha value is -2.79. The number of hydrogen-bond donors (Lipinski definition) is 0. The highest BCUT2D eigenvalue weighted by molar-refractivity contribution is 6.30. The van der Waals surface area contributed by atoms with Gasteiger partial charge >= 0.3 is 0 Å². The largest absolute Gasteiger partial charge is 0.368 e. The Balaban J connectivity index is 1.52. The summed E-state index contributed by atoms with van der Waals surface area (Å²) >= 11 is 6.00. The number of amides is 1. The molecule has 0 spiro atoms. The van der Waals surface area contributed by atoms with E-state index in [1.807, 2.05) is 42.2 Å². The Bertz CT molecular complexity index is 1030. The fourth-order valence-corrected chi connectivity index (χ4v) is 3.95. The molecule has 1 aromatic heterocycles. The number of halogens is 1. The summed E-state index contributed by atoms with van der Waals surface area (Å²) in [6.45, 7) is 9.23. The second-order valence-electron chi connectivity index (χ2n) is 7.56. The number of anilines is 1. The van der Waals surface area contributed by atoms with Crippen LogP contribution in [-0.2, 0) is 0 Å². The van der Waals surface area contributed by atoms with Gasteiger partial charge in [0.2, 0.25) is 0 Å². The molecular formula is C23H25ClN4O. The number of piperazine rings is 1. The topological polar surface area (TPSA) is 41.4 Å². The molecule has 6 heteroatoms. The van der Waals surface area contributed by atoms with E-state index < -0.39 is 0 Å². The maximum Gasteiger partial charge on any atom is 0.272 e. The minimum absolute atomic E-state index is 0.0150. The van der Waals surface area contributed by atoms with Crippen molar-refractivity contribution in [3.05, 3.63) is 76.1 Å². The van der Waals surface area contributed by atoms with Crippen molar-refractivity contribution in [3.8, 4) is 5.69 Å². The van der Waals surface area contributed by atoms with Gasteiger partial charge in [-0.25, -0.2) is 4.68 Å². The van der Waals surface area contributed by atoms with Crippen LogP contribution in [0.3, 0.4) is 0 Å². The Morgan fingerprint density at radius 2 is 1.66 bits per heavy atom. The lowest BCUT2D eigenvalue weighted by molar-refractivity contribution is 0.0737. The molecule has 3 aromatic rings. The van der Waals surface area contributed by atoms with E-state index in [2.05, 4.69) is 42.0 Å². The smallest absolute Gasteiger partial charge is 0.272 e. The molecule has 0 aliphatic carbocycles. The molecule has 0 unspecified atom stereocenters. The number of aromatic nitrogens is 2. The van der Waals surface area contributed by atoms with Crippen molar-refractivity contribution in [2.45, 2.75) is 20.8 Å². The summed E-state index contributed by atoms with van der Waals surface area (Å²) < 4.78 is 1.71. The van der Waals surface area contributed by atoms with Crippen molar-refractivity contribution in [1.29, 1.82) is 0 Å². The monoisotopic (exact) mass is 408 g/mol. The van der Waals surface area contributed by atoms with Crippen LogP contribution in [0.1, 0.15) is 27.3 Å². The van der Waals surface area contributed by atoms with Crippen LogP contribution < -0.4 is 4.90 Å². The van der Waals surface area contributed by atoms with Gasteiger partial charge in [0.15, 0.2) is 0 Å². The van der Waals surface area contributed by atoms with E-state index in [4.69, 9.17) is 11.6 Å². The molecule has 4 rings (SSSR count). The maximum absolute atomic E-state index is 13.3. The normalized spacial score (nSPS) is 14.3. The van der Waals surface area contributed by atoms with E-state index in [0.29, 0.717) is 23.8 Å². The average molecular weight is 409 g/mol. The maximum atomic E-state index is 13.3. The molecule has 1 saturated heterocycles. The number of rotatable bonds is 3. The zero-order valence-corrected chi connectivity index (χ0v) is 17.8. The summed E-state index contributed by atoms with van der Waals surface area (Å²) in [7, 11) is 0. The van der Waals surface area contributed by atoms with Crippen molar-refractivity contribution in [2.75, 3.05) is 31.1 Å². The van der Waals surface area contributed by atoms with Crippen LogP contribution in [0.2, 0.25) is 5.02 Å². The molecule has 2 heterocycles. The van der Waals surface area contributed by atoms with Gasteiger partial charge in [-0.2, -0.15) is 5.10 Å². The fraction of sp³-hybridized carbons (Fsp3) is 0.304. The number of carbonyl (C=O) groups is 1. The van der Waals surface area contributed by atoms with Gasteiger partial charge in [0, 0.05) is 36.9 Å². The second kappa shape index (κ2) is 7.91. The molecule has 1 fully saturated rings. The Labute approximate surface area is 176 Å². The lowest BCUT2D eigenvalue weighted by Gasteiger charge is -2.37. The molecule has 0 bridgehead atoms. The minimum Gasteiger partial charge on any atom is -0.368 e. The van der Waals surface area contributed by atoms with Crippen LogP contribution in [0.15, 0.2) is 48.5 Å². The molecule has 1 aliphatic heterocycles. The van der Waals surface area contributed by atoms with Crippen molar-refractivity contribution < 1.29 is 4.79 Å². The van der Waals surface area contributed by atoms with Crippen LogP contribution in [0.4, 0.5) is 5.69 Å². The van der Waals surface area contributed by atoms with Gasteiger partial charge in [-0.05, 0) is 68.3 Å². The van der Waals surface area contributed by atoms with E-state index in [9.17, 15) is 4.79 Å². The first kappa shape index (κ1) is 19.5. The van der Waals surface area contributed by atoms with Gasteiger partial charge in [-0.15, -0.1) is 0 Å². The number of nitrogens with zero attached hydrogens (tertiary/aromatic N) is 4. The van der Waals surface area contributed by atoms with Crippen LogP contribution >= 0.6 is 11.6 Å². The summed E-state index contributed by atoms with van der Waals surface area (Å²) in [4.78, 5) is 17.5. The Morgan fingerprint density at radius 1 is 0.966 bits per heavy atom. The number of hydrogen-bond acceptors (Lipinski definition) is 3. The highest BCUT2D eigenvalue weighted by atomic mass is 35.5. The van der Waals surface area contributed by atoms with Crippen LogP contribution in [-0.4, -0.2) is 46.8 Å². The SMILES string of the molecule is Cc1cc(C(=O)N2CCN(c3cccc(C)c3C)CC2)n(-c2ccc(Cl)cc2)n1. The number of aryl methyl sites for hydroxylation is 2. The Kier molecular flexibility index (Phi) is 5.33. The number of benzene rings is 2. The van der Waals surface area contributed by atoms with Crippen molar-refractivity contribution >= 4 is 23.2 Å². The van der Waals surface area contributed by atoms with Crippen molar-refractivity contribution in [2.24, 2.45) is 0 Å². The zero-order valence-electron chi connectivity index (χ0n) is 17.0. The molecular weight excluding hydrogens is 384 g/mol. The molecule has 150 valence electrons. The first-order chi connectivity index (χ1) is 13.9. The minimum atomic E-state index is 0.0150. The molecule has 29 heavy (non-hydrogen) atoms. The van der Waals surface area contributed by atoms with Gasteiger partial charge in [0.05, 0.1) is 11.4 Å². The van der Waals surface area contributed by atoms with E-state index in [-0.39, 0.29) is 5.91 Å². The van der Waals surface area contributed by atoms with Crippen LogP contribution in [0.25, 0.3) is 5.69 Å². The molecule has 0 radical (unpaired) electrons. The molecule has 0 saturated carbocycles. The fourth-order valence-electron chi connectivity index (χ4n) is 3.82. The lowest BCUT2D eigenvalue weighted by atomic mass is 10.1. The first-order valence-electron chi connectivity index (χ1n) is 9.87. The van der Waals surface area contributed by atoms with Crippen LogP contribution in [0, 0.1) is 20.8 Å². The zero-order chi connectivity index (χ0) is 20.5. The summed E-state index contributed by atoms with van der Waals surface area (Å²) in [5.74, 6) is 0.0150. The van der Waals surface area contributed by atoms with E-state index in [1.165, 1.54) is 16.8 Å². The predicted molar refractivity (Wildman–Crippen MR) is 117 cm³/mol. The van der Waals surface area contributed by atoms with E-state index in [1.54, 1.807) is 4.68 Å². The lowest BCUT2D eigenvalue weighted by Crippen LogP contribution is -2.49. The van der Waals surface area contributed by atoms with Crippen LogP contribution in [0.5, 0.6) is 0 Å². The highest BCUT2D eigenvalue weighted by Gasteiger charge is 2.26. The van der Waals surface area contributed by atoms with Crippen molar-refractivity contribution in [1.82, 2.24) is 14.7 Å². The summed E-state index contributed by atoms with van der Waals surface area (Å²) in [6, 6.07) is 15.6. The summed E-state index contributed by atoms with van der Waals surface area (Å²) in [6.07, 6.45) is 0. The van der Waals surface area contributed by atoms with Crippen molar-refractivity contribution in [3.63, 3.8) is 0 Å². The molecule has 1 aliphatic rings. The molecule has 0 N–H and O–H groups in total. The molecule has 2 aromatic carbocycles. The van der Waals surface area contributed by atoms with E-state index >= 15 is 0 Å². The standard InChI is InChI=1S/C23H25ClN4O/c1-16-5-4-6-21(18(16)3)26-11-13-27(14-12-26)23(29)22-15-17(2)25-28(22)20-9-7-19(24)8-10-20/h4-10,15H,11-14H2,1-3H3. The van der Waals surface area contributed by atoms with Gasteiger partial charge in [-0.1, -0.05) is 23.7 Å². The van der Waals surface area contributed by atoms with E-state index in [0.717, 1.165) is 24.5 Å². The first-order valence-corrected chi connectivity index (χ1v) is 10.2. The molecule has 1 amide bonds. The summed E-state index contributed by atoms with van der Waals surface area (Å²) in [5.41, 5.74) is 6.11. The predicted octanol–water partition coefficient (Wildman–Crippen LogP) is 4.41. The third-order valence-electron chi connectivity index (χ3n) is 5.61. The van der Waals surface area contributed by atoms with Gasteiger partial charge in [-0.3, -0.25) is 4.79 Å². The third-order valence-corrected chi connectivity index (χ3v) is 5.86. The third kappa shape index (κ3) is 3.87. The quantitative estimate of drug-likeness (QED) is 0.644. The van der Waals surface area contributed by atoms with Gasteiger partial charge in [0.1, 0.15) is 5.69 Å².